The molecular weight excluding hydrogens is 161 g/mol. The quantitative estimate of drug-likeness (QED) is 0.536. The van der Waals surface area contributed by atoms with Gasteiger partial charge in [-0.25, -0.2) is 4.39 Å². The first-order valence-corrected chi connectivity index (χ1v) is 4.01. The molecule has 2 saturated heterocycles. The Morgan fingerprint density at radius 1 is 1.58 bits per heavy atom. The van der Waals surface area contributed by atoms with Gasteiger partial charge in [0.2, 0.25) is 0 Å². The average molecular weight is 173 g/mol. The van der Waals surface area contributed by atoms with E-state index in [9.17, 15) is 9.18 Å². The number of rotatable bonds is 1. The number of halogens is 1. The maximum Gasteiger partial charge on any atom is 0.326 e. The average Bonchev–Trinajstić information content (AvgIpc) is 2.34. The maximum absolute atomic E-state index is 13.4. The fourth-order valence-corrected chi connectivity index (χ4v) is 2.44. The number of methoxy groups -OCH3 is 1. The van der Waals surface area contributed by atoms with Gasteiger partial charge in [0, 0.05) is 19.4 Å². The van der Waals surface area contributed by atoms with Gasteiger partial charge in [0.1, 0.15) is 11.2 Å². The van der Waals surface area contributed by atoms with Gasteiger partial charge in [0.15, 0.2) is 0 Å². The lowest BCUT2D eigenvalue weighted by atomic mass is 9.71. The number of hydrogen-bond donors (Lipinski definition) is 0. The van der Waals surface area contributed by atoms with Crippen molar-refractivity contribution in [2.24, 2.45) is 0 Å². The summed E-state index contributed by atoms with van der Waals surface area (Å²) in [7, 11) is 3.12. The molecule has 3 fully saturated rings. The Morgan fingerprint density at radius 2 is 2.17 bits per heavy atom. The van der Waals surface area contributed by atoms with Crippen molar-refractivity contribution >= 4 is 5.97 Å². The van der Waals surface area contributed by atoms with E-state index in [0.717, 1.165) is 0 Å². The van der Waals surface area contributed by atoms with E-state index in [1.807, 2.05) is 0 Å². The van der Waals surface area contributed by atoms with Gasteiger partial charge in [-0.15, -0.1) is 0 Å². The van der Waals surface area contributed by atoms with Crippen LogP contribution in [0.4, 0.5) is 4.39 Å². The van der Waals surface area contributed by atoms with E-state index >= 15 is 0 Å². The van der Waals surface area contributed by atoms with Crippen LogP contribution >= 0.6 is 0 Å². The monoisotopic (exact) mass is 173 g/mol. The predicted molar refractivity (Wildman–Crippen MR) is 40.5 cm³/mol. The number of likely N-dealkylation sites (N-methyl/N-ethyl adjacent to an activating group) is 1. The molecule has 0 amide bonds. The minimum atomic E-state index is -1.12. The number of ether oxygens (including phenoxy) is 1. The molecule has 0 aromatic heterocycles. The zero-order valence-corrected chi connectivity index (χ0v) is 7.26. The number of alkyl halides is 1. The molecule has 0 unspecified atom stereocenters. The van der Waals surface area contributed by atoms with Gasteiger partial charge in [-0.3, -0.25) is 9.69 Å². The van der Waals surface area contributed by atoms with Crippen molar-refractivity contribution in [3.05, 3.63) is 0 Å². The molecule has 0 N–H and O–H groups in total. The van der Waals surface area contributed by atoms with Crippen LogP contribution < -0.4 is 0 Å². The zero-order valence-electron chi connectivity index (χ0n) is 7.26. The van der Waals surface area contributed by atoms with E-state index in [2.05, 4.69) is 4.74 Å². The van der Waals surface area contributed by atoms with Gasteiger partial charge < -0.3 is 4.74 Å². The Bertz CT molecular complexity index is 235. The molecule has 3 aliphatic rings. The second-order valence-electron chi connectivity index (χ2n) is 3.88. The van der Waals surface area contributed by atoms with E-state index < -0.39 is 11.2 Å². The third-order valence-electron chi connectivity index (χ3n) is 3.04. The minimum absolute atomic E-state index is 0.296. The fourth-order valence-electron chi connectivity index (χ4n) is 2.44. The molecule has 1 saturated carbocycles. The van der Waals surface area contributed by atoms with Gasteiger partial charge in [0.25, 0.3) is 0 Å². The molecule has 68 valence electrons. The van der Waals surface area contributed by atoms with Crippen molar-refractivity contribution in [3.63, 3.8) is 0 Å². The highest BCUT2D eigenvalue weighted by Crippen LogP contribution is 2.55. The second-order valence-corrected chi connectivity index (χ2v) is 3.88. The lowest BCUT2D eigenvalue weighted by Crippen LogP contribution is -2.56. The van der Waals surface area contributed by atoms with Crippen molar-refractivity contribution in [3.8, 4) is 0 Å². The summed E-state index contributed by atoms with van der Waals surface area (Å²) < 4.78 is 18.1. The van der Waals surface area contributed by atoms with E-state index in [1.165, 1.54) is 7.11 Å². The third kappa shape index (κ3) is 0.710. The summed E-state index contributed by atoms with van der Waals surface area (Å²) in [5, 5.41) is 0. The third-order valence-corrected chi connectivity index (χ3v) is 3.04. The fraction of sp³-hybridized carbons (Fsp3) is 0.875. The standard InChI is InChI=1S/C8H12FNO2/c1-10-5-7(9)3-8(10,4-7)6(11)12-2/h3-5H2,1-2H3. The summed E-state index contributed by atoms with van der Waals surface area (Å²) in [4.78, 5) is 13.1. The Hall–Kier alpha value is -0.640. The summed E-state index contributed by atoms with van der Waals surface area (Å²) in [6.45, 7) is 0.363. The molecule has 2 heterocycles. The summed E-state index contributed by atoms with van der Waals surface area (Å²) >= 11 is 0. The topological polar surface area (TPSA) is 29.5 Å². The highest BCUT2D eigenvalue weighted by atomic mass is 19.1. The highest BCUT2D eigenvalue weighted by molar-refractivity contribution is 5.83. The van der Waals surface area contributed by atoms with Gasteiger partial charge in [-0.1, -0.05) is 0 Å². The Balaban J connectivity index is 2.21. The van der Waals surface area contributed by atoms with Crippen molar-refractivity contribution in [2.75, 3.05) is 20.7 Å². The minimum Gasteiger partial charge on any atom is -0.468 e. The first-order chi connectivity index (χ1) is 5.52. The Labute approximate surface area is 70.5 Å². The van der Waals surface area contributed by atoms with Crippen molar-refractivity contribution in [1.82, 2.24) is 4.90 Å². The Morgan fingerprint density at radius 3 is 2.50 bits per heavy atom. The van der Waals surface area contributed by atoms with Gasteiger partial charge in [0.05, 0.1) is 7.11 Å². The van der Waals surface area contributed by atoms with E-state index in [0.29, 0.717) is 19.4 Å². The van der Waals surface area contributed by atoms with Crippen LogP contribution in [0.5, 0.6) is 0 Å². The maximum atomic E-state index is 13.4. The van der Waals surface area contributed by atoms with E-state index in [1.54, 1.807) is 11.9 Å². The summed E-state index contributed by atoms with van der Waals surface area (Å²) in [5.74, 6) is -0.296. The van der Waals surface area contributed by atoms with Gasteiger partial charge in [-0.05, 0) is 7.05 Å². The molecule has 12 heavy (non-hydrogen) atoms. The van der Waals surface area contributed by atoms with Crippen LogP contribution in [0.3, 0.4) is 0 Å². The molecule has 0 radical (unpaired) electrons. The number of esters is 1. The van der Waals surface area contributed by atoms with Crippen LogP contribution in [-0.2, 0) is 9.53 Å². The van der Waals surface area contributed by atoms with E-state index in [-0.39, 0.29) is 5.97 Å². The molecule has 2 aliphatic heterocycles. The molecule has 4 heteroatoms. The number of carbonyl (C=O) groups excluding carboxylic acids is 1. The largest absolute Gasteiger partial charge is 0.468 e. The van der Waals surface area contributed by atoms with Crippen LogP contribution in [0, 0.1) is 0 Å². The van der Waals surface area contributed by atoms with E-state index in [4.69, 9.17) is 0 Å². The molecule has 0 aromatic carbocycles. The highest BCUT2D eigenvalue weighted by Gasteiger charge is 2.69. The van der Waals surface area contributed by atoms with Crippen LogP contribution in [0.2, 0.25) is 0 Å². The predicted octanol–water partition coefficient (Wildman–Crippen LogP) is 0.346. The summed E-state index contributed by atoms with van der Waals surface area (Å²) in [6, 6.07) is 0. The lowest BCUT2D eigenvalue weighted by Gasteiger charge is -2.40. The van der Waals surface area contributed by atoms with Crippen LogP contribution in [0.25, 0.3) is 0 Å². The van der Waals surface area contributed by atoms with Crippen LogP contribution in [0.1, 0.15) is 12.8 Å². The normalized spacial score (nSPS) is 45.6. The molecule has 0 atom stereocenters. The summed E-state index contributed by atoms with van der Waals surface area (Å²) in [5.41, 5.74) is -1.76. The van der Waals surface area contributed by atoms with Crippen molar-refractivity contribution < 1.29 is 13.9 Å². The van der Waals surface area contributed by atoms with Crippen LogP contribution in [-0.4, -0.2) is 42.8 Å². The number of nitrogens with zero attached hydrogens (tertiary/aromatic N) is 1. The first-order valence-electron chi connectivity index (χ1n) is 4.01. The van der Waals surface area contributed by atoms with Gasteiger partial charge in [-0.2, -0.15) is 0 Å². The van der Waals surface area contributed by atoms with Gasteiger partial charge >= 0.3 is 5.97 Å². The molecule has 3 nitrogen and oxygen atoms in total. The SMILES string of the molecule is COC(=O)C12CC(F)(CN1C)C2. The summed E-state index contributed by atoms with van der Waals surface area (Å²) in [6.07, 6.45) is 0.617. The molecule has 3 rings (SSSR count). The molecule has 2 bridgehead atoms. The van der Waals surface area contributed by atoms with Crippen molar-refractivity contribution in [2.45, 2.75) is 24.0 Å². The number of fused-ring (bicyclic) bond motifs is 1. The lowest BCUT2D eigenvalue weighted by molar-refractivity contribution is -0.158. The second kappa shape index (κ2) is 1.99. The smallest absolute Gasteiger partial charge is 0.326 e. The zero-order chi connectivity index (χ0) is 8.98. The van der Waals surface area contributed by atoms with Crippen molar-refractivity contribution in [1.29, 1.82) is 0 Å². The first kappa shape index (κ1) is 7.98. The molecular formula is C8H12FNO2. The molecule has 1 aliphatic carbocycles. The number of hydrogen-bond acceptors (Lipinski definition) is 3. The van der Waals surface area contributed by atoms with Crippen LogP contribution in [0.15, 0.2) is 0 Å². The molecule has 0 aromatic rings. The number of carbonyl (C=O) groups is 1. The Kier molecular flexibility index (Phi) is 1.32. The molecule has 0 spiro atoms.